The fraction of sp³-hybridized carbons (Fsp3) is 0.273. The van der Waals surface area contributed by atoms with Crippen LogP contribution in [0, 0.1) is 24.4 Å². The number of hydrogen-bond acceptors (Lipinski definition) is 5. The maximum Gasteiger partial charge on any atom is 0.238 e. The number of rotatable bonds is 3. The van der Waals surface area contributed by atoms with Crippen molar-refractivity contribution in [3.63, 3.8) is 0 Å². The van der Waals surface area contributed by atoms with Crippen LogP contribution in [0.4, 0.5) is 18.9 Å². The first-order valence-corrected chi connectivity index (χ1v) is 11.8. The van der Waals surface area contributed by atoms with Crippen LogP contribution in [-0.4, -0.2) is 32.9 Å². The van der Waals surface area contributed by atoms with Crippen molar-refractivity contribution in [2.45, 2.75) is 33.2 Å². The summed E-state index contributed by atoms with van der Waals surface area (Å²) in [6.45, 7) is 6.73. The smallest absolute Gasteiger partial charge is 0.238 e. The largest absolute Gasteiger partial charge is 0.371 e. The van der Waals surface area contributed by atoms with Gasteiger partial charge in [0.1, 0.15) is 23.1 Å². The summed E-state index contributed by atoms with van der Waals surface area (Å²) in [4.78, 5) is 0. The number of nitrogens with one attached hydrogen (secondary N) is 1. The summed E-state index contributed by atoms with van der Waals surface area (Å²) in [5, 5.41) is 11.5. The van der Waals surface area contributed by atoms with Gasteiger partial charge >= 0.3 is 0 Å². The molecule has 7 nitrogen and oxygen atoms in total. The lowest BCUT2D eigenvalue weighted by molar-refractivity contribution is 0.517. The van der Waals surface area contributed by atoms with Crippen LogP contribution in [0.25, 0.3) is 27.7 Å². The van der Waals surface area contributed by atoms with E-state index in [1.165, 1.54) is 23.8 Å². The molecule has 1 aliphatic heterocycles. The predicted molar refractivity (Wildman–Crippen MR) is 118 cm³/mol. The second-order valence-electron chi connectivity index (χ2n) is 8.50. The van der Waals surface area contributed by atoms with Gasteiger partial charge in [0.15, 0.2) is 11.6 Å². The van der Waals surface area contributed by atoms with Crippen molar-refractivity contribution in [3.05, 3.63) is 59.6 Å². The molecule has 0 fully saturated rings. The molecule has 0 spiro atoms. The van der Waals surface area contributed by atoms with E-state index in [1.807, 2.05) is 13.8 Å². The Morgan fingerprint density at radius 2 is 1.85 bits per heavy atom. The fourth-order valence-electron chi connectivity index (χ4n) is 4.37. The normalized spacial score (nSPS) is 14.8. The van der Waals surface area contributed by atoms with Crippen molar-refractivity contribution >= 4 is 26.6 Å². The molecule has 4 aromatic rings. The number of nitrogens with zero attached hydrogens (tertiary/aromatic N) is 4. The summed E-state index contributed by atoms with van der Waals surface area (Å²) in [5.41, 5.74) is -1.08. The van der Waals surface area contributed by atoms with Crippen molar-refractivity contribution in [3.8, 4) is 16.8 Å². The Morgan fingerprint density at radius 1 is 1.12 bits per heavy atom. The van der Waals surface area contributed by atoms with E-state index in [4.69, 9.17) is 0 Å². The first-order chi connectivity index (χ1) is 15.5. The van der Waals surface area contributed by atoms with Gasteiger partial charge in [0.05, 0.1) is 28.1 Å². The van der Waals surface area contributed by atoms with Crippen molar-refractivity contribution in [1.29, 1.82) is 0 Å². The minimum atomic E-state index is -3.75. The number of halogens is 3. The minimum Gasteiger partial charge on any atom is -0.371 e. The summed E-state index contributed by atoms with van der Waals surface area (Å²) in [6, 6.07) is 4.59. The zero-order valence-electron chi connectivity index (χ0n) is 18.2. The standard InChI is InChI=1S/C22H20F3N5O2S/c1-5-33(31,32)29-7-6-13-14(8-12(23)9-17(13)29)18-15(24)10-16-20(19(18)25)30-11(2)27-28-21(30)22(3,4)26-16/h6-10,26H,5H2,1-4H3. The lowest BCUT2D eigenvalue weighted by Gasteiger charge is -2.34. The number of aryl methyl sites for hydroxylation is 1. The summed E-state index contributed by atoms with van der Waals surface area (Å²) in [5.74, 6) is -2.05. The maximum atomic E-state index is 16.1. The van der Waals surface area contributed by atoms with E-state index in [-0.39, 0.29) is 33.6 Å². The first kappa shape index (κ1) is 21.5. The highest BCUT2D eigenvalue weighted by atomic mass is 32.2. The molecule has 5 rings (SSSR count). The molecule has 2 aromatic heterocycles. The van der Waals surface area contributed by atoms with Crippen LogP contribution in [0.15, 0.2) is 30.5 Å². The lowest BCUT2D eigenvalue weighted by atomic mass is 9.95. The topological polar surface area (TPSA) is 81.8 Å². The summed E-state index contributed by atoms with van der Waals surface area (Å²) < 4.78 is 73.3. The van der Waals surface area contributed by atoms with Crippen LogP contribution >= 0.6 is 0 Å². The van der Waals surface area contributed by atoms with Crippen molar-refractivity contribution < 1.29 is 21.6 Å². The van der Waals surface area contributed by atoms with Crippen molar-refractivity contribution in [1.82, 2.24) is 18.7 Å². The molecule has 2 aromatic carbocycles. The molecule has 11 heteroatoms. The zero-order chi connectivity index (χ0) is 23.9. The summed E-state index contributed by atoms with van der Waals surface area (Å²) in [7, 11) is -3.75. The van der Waals surface area contributed by atoms with Gasteiger partial charge in [0.25, 0.3) is 0 Å². The number of benzene rings is 2. The second-order valence-corrected chi connectivity index (χ2v) is 10.6. The molecular formula is C22H20F3N5O2S. The maximum absolute atomic E-state index is 16.1. The fourth-order valence-corrected chi connectivity index (χ4v) is 5.34. The van der Waals surface area contributed by atoms with Gasteiger partial charge in [-0.3, -0.25) is 4.57 Å². The van der Waals surface area contributed by atoms with E-state index in [0.29, 0.717) is 11.6 Å². The summed E-state index contributed by atoms with van der Waals surface area (Å²) >= 11 is 0. The molecule has 0 atom stereocenters. The van der Waals surface area contributed by atoms with Crippen LogP contribution in [-0.2, 0) is 15.6 Å². The third kappa shape index (κ3) is 2.98. The van der Waals surface area contributed by atoms with Crippen molar-refractivity contribution in [2.24, 2.45) is 0 Å². The Labute approximate surface area is 187 Å². The van der Waals surface area contributed by atoms with Crippen LogP contribution in [0.1, 0.15) is 32.4 Å². The molecule has 0 radical (unpaired) electrons. The highest BCUT2D eigenvalue weighted by Gasteiger charge is 2.37. The quantitative estimate of drug-likeness (QED) is 0.473. The van der Waals surface area contributed by atoms with Crippen LogP contribution in [0.2, 0.25) is 0 Å². The molecule has 0 saturated heterocycles. The number of aromatic nitrogens is 4. The Kier molecular flexibility index (Phi) is 4.45. The number of hydrogen-bond donors (Lipinski definition) is 1. The van der Waals surface area contributed by atoms with E-state index < -0.39 is 38.6 Å². The van der Waals surface area contributed by atoms with Gasteiger partial charge in [-0.2, -0.15) is 0 Å². The lowest BCUT2D eigenvalue weighted by Crippen LogP contribution is -2.36. The Hall–Kier alpha value is -3.34. The van der Waals surface area contributed by atoms with Gasteiger partial charge in [0.2, 0.25) is 10.0 Å². The van der Waals surface area contributed by atoms with Crippen molar-refractivity contribution in [2.75, 3.05) is 11.1 Å². The monoisotopic (exact) mass is 475 g/mol. The van der Waals surface area contributed by atoms with Crippen LogP contribution < -0.4 is 5.32 Å². The Bertz CT molecular complexity index is 1570. The molecule has 0 unspecified atom stereocenters. The average molecular weight is 475 g/mol. The van der Waals surface area contributed by atoms with E-state index in [0.717, 1.165) is 22.2 Å². The predicted octanol–water partition coefficient (Wildman–Crippen LogP) is 4.47. The van der Waals surface area contributed by atoms with Gasteiger partial charge in [-0.25, -0.2) is 25.6 Å². The highest BCUT2D eigenvalue weighted by Crippen LogP contribution is 2.43. The highest BCUT2D eigenvalue weighted by molar-refractivity contribution is 7.90. The SMILES string of the molecule is CCS(=O)(=O)n1ccc2c(-c3c(F)cc4c(c3F)-n3c(C)nnc3C(C)(C)N4)cc(F)cc21. The van der Waals surface area contributed by atoms with E-state index >= 15 is 8.78 Å². The second kappa shape index (κ2) is 6.83. The molecule has 1 N–H and O–H groups in total. The number of anilines is 1. The first-order valence-electron chi connectivity index (χ1n) is 10.2. The molecule has 0 bridgehead atoms. The molecular weight excluding hydrogens is 455 g/mol. The number of fused-ring (bicyclic) bond motifs is 4. The average Bonchev–Trinajstić information content (AvgIpc) is 3.32. The molecule has 0 aliphatic carbocycles. The molecule has 1 aliphatic rings. The van der Waals surface area contributed by atoms with E-state index in [9.17, 15) is 12.8 Å². The molecule has 33 heavy (non-hydrogen) atoms. The zero-order valence-corrected chi connectivity index (χ0v) is 19.1. The third-order valence-electron chi connectivity index (χ3n) is 5.92. The van der Waals surface area contributed by atoms with Gasteiger partial charge in [-0.15, -0.1) is 10.2 Å². The Morgan fingerprint density at radius 3 is 2.55 bits per heavy atom. The van der Waals surface area contributed by atoms with Crippen LogP contribution in [0.5, 0.6) is 0 Å². The molecule has 3 heterocycles. The minimum absolute atomic E-state index is 0.00351. The van der Waals surface area contributed by atoms with Gasteiger partial charge in [-0.05, 0) is 51.5 Å². The molecule has 0 amide bonds. The summed E-state index contributed by atoms with van der Waals surface area (Å²) in [6.07, 6.45) is 1.26. The van der Waals surface area contributed by atoms with E-state index in [1.54, 1.807) is 6.92 Å². The van der Waals surface area contributed by atoms with Gasteiger partial charge < -0.3 is 5.32 Å². The molecule has 172 valence electrons. The molecule has 0 saturated carbocycles. The van der Waals surface area contributed by atoms with Gasteiger partial charge in [-0.1, -0.05) is 0 Å². The van der Waals surface area contributed by atoms with Crippen LogP contribution in [0.3, 0.4) is 0 Å². The van der Waals surface area contributed by atoms with Gasteiger partial charge in [0, 0.05) is 17.6 Å². The van der Waals surface area contributed by atoms with E-state index in [2.05, 4.69) is 15.5 Å². The Balaban J connectivity index is 1.85. The third-order valence-corrected chi connectivity index (χ3v) is 7.57.